The number of halogens is 1. The van der Waals surface area contributed by atoms with Crippen molar-refractivity contribution >= 4 is 21.8 Å². The molecule has 2 heterocycles. The minimum absolute atomic E-state index is 0.0708. The molecule has 1 saturated heterocycles. The normalized spacial score (nSPS) is 17.4. The van der Waals surface area contributed by atoms with E-state index in [0.717, 1.165) is 49.2 Å². The van der Waals surface area contributed by atoms with Gasteiger partial charge in [0.15, 0.2) is 0 Å². The van der Waals surface area contributed by atoms with Crippen molar-refractivity contribution in [2.45, 2.75) is 26.3 Å². The number of hydrogen-bond donors (Lipinski definition) is 1. The molecule has 1 aliphatic heterocycles. The molecule has 0 saturated carbocycles. The third kappa shape index (κ3) is 4.91. The van der Waals surface area contributed by atoms with E-state index >= 15 is 0 Å². The Kier molecular flexibility index (Phi) is 5.34. The lowest BCUT2D eigenvalue weighted by atomic mass is 9.96. The van der Waals surface area contributed by atoms with Gasteiger partial charge in [-0.15, -0.1) is 0 Å². The van der Waals surface area contributed by atoms with Gasteiger partial charge in [0, 0.05) is 30.7 Å². The number of likely N-dealkylation sites (tertiary alicyclic amines) is 1. The van der Waals surface area contributed by atoms with Crippen LogP contribution in [0.2, 0.25) is 0 Å². The Morgan fingerprint density at radius 2 is 2.21 bits per heavy atom. The highest BCUT2D eigenvalue weighted by Gasteiger charge is 2.19. The molecule has 1 N–H and O–H groups in total. The summed E-state index contributed by atoms with van der Waals surface area (Å²) in [6, 6.07) is 4.10. The van der Waals surface area contributed by atoms with E-state index in [-0.39, 0.29) is 5.91 Å². The van der Waals surface area contributed by atoms with Crippen molar-refractivity contribution in [3.63, 3.8) is 0 Å². The fourth-order valence-electron chi connectivity index (χ4n) is 2.37. The third-order valence-electron chi connectivity index (χ3n) is 3.52. The van der Waals surface area contributed by atoms with Crippen LogP contribution in [0.3, 0.4) is 0 Å². The molecule has 1 amide bonds. The number of rotatable bonds is 4. The van der Waals surface area contributed by atoms with E-state index in [4.69, 9.17) is 0 Å². The lowest BCUT2D eigenvalue weighted by Crippen LogP contribution is -2.37. The van der Waals surface area contributed by atoms with Crippen LogP contribution in [-0.4, -0.2) is 35.4 Å². The van der Waals surface area contributed by atoms with Crippen molar-refractivity contribution in [1.29, 1.82) is 0 Å². The van der Waals surface area contributed by atoms with Gasteiger partial charge in [-0.3, -0.25) is 14.7 Å². The minimum Gasteiger partial charge on any atom is -0.356 e. The summed E-state index contributed by atoms with van der Waals surface area (Å²) < 4.78 is 1.02. The quantitative estimate of drug-likeness (QED) is 0.923. The predicted molar refractivity (Wildman–Crippen MR) is 78.6 cm³/mol. The molecule has 0 unspecified atom stereocenters. The summed E-state index contributed by atoms with van der Waals surface area (Å²) in [5.41, 5.74) is 1.11. The monoisotopic (exact) mass is 325 g/mol. The van der Waals surface area contributed by atoms with E-state index < -0.39 is 0 Å². The average molecular weight is 326 g/mol. The zero-order valence-corrected chi connectivity index (χ0v) is 12.8. The fourth-order valence-corrected chi connectivity index (χ4v) is 2.60. The average Bonchev–Trinajstić information content (AvgIpc) is 2.40. The van der Waals surface area contributed by atoms with Crippen molar-refractivity contribution in [2.75, 3.05) is 19.6 Å². The number of aromatic nitrogens is 1. The second-order valence-corrected chi connectivity index (χ2v) is 6.04. The Morgan fingerprint density at radius 1 is 1.47 bits per heavy atom. The molecule has 1 aromatic heterocycles. The first-order valence-corrected chi connectivity index (χ1v) is 7.50. The van der Waals surface area contributed by atoms with Crippen LogP contribution in [0, 0.1) is 5.92 Å². The Morgan fingerprint density at radius 3 is 2.79 bits per heavy atom. The molecule has 4 nitrogen and oxygen atoms in total. The highest BCUT2D eigenvalue weighted by atomic mass is 79.9. The summed E-state index contributed by atoms with van der Waals surface area (Å²) >= 11 is 3.40. The maximum atomic E-state index is 10.9. The number of hydrogen-bond acceptors (Lipinski definition) is 3. The summed E-state index contributed by atoms with van der Waals surface area (Å²) in [7, 11) is 0. The van der Waals surface area contributed by atoms with Crippen molar-refractivity contribution < 1.29 is 4.79 Å². The summed E-state index contributed by atoms with van der Waals surface area (Å²) in [6.07, 6.45) is 4.15. The van der Waals surface area contributed by atoms with Crippen LogP contribution < -0.4 is 5.32 Å². The first-order chi connectivity index (χ1) is 9.13. The predicted octanol–water partition coefficient (Wildman–Crippen LogP) is 2.19. The topological polar surface area (TPSA) is 45.2 Å². The van der Waals surface area contributed by atoms with Crippen LogP contribution in [0.15, 0.2) is 22.8 Å². The molecule has 0 aromatic carbocycles. The Hall–Kier alpha value is -0.940. The Bertz CT molecular complexity index is 413. The lowest BCUT2D eigenvalue weighted by molar-refractivity contribution is -0.119. The number of amides is 1. The van der Waals surface area contributed by atoms with Gasteiger partial charge < -0.3 is 5.32 Å². The van der Waals surface area contributed by atoms with Crippen molar-refractivity contribution in [2.24, 2.45) is 5.92 Å². The van der Waals surface area contributed by atoms with Gasteiger partial charge in [-0.05, 0) is 59.9 Å². The number of nitrogens with zero attached hydrogens (tertiary/aromatic N) is 2. The minimum atomic E-state index is 0.0708. The summed E-state index contributed by atoms with van der Waals surface area (Å²) in [5.74, 6) is 0.694. The zero-order chi connectivity index (χ0) is 13.7. The molecule has 0 spiro atoms. The van der Waals surface area contributed by atoms with E-state index in [9.17, 15) is 4.79 Å². The number of piperidine rings is 1. The maximum absolute atomic E-state index is 10.9. The maximum Gasteiger partial charge on any atom is 0.216 e. The van der Waals surface area contributed by atoms with Crippen LogP contribution in [0.4, 0.5) is 0 Å². The third-order valence-corrected chi connectivity index (χ3v) is 3.99. The SMILES string of the molecule is CC(=O)NCC1CCN(Cc2ccc(Br)cn2)CC1. The highest BCUT2D eigenvalue weighted by Crippen LogP contribution is 2.18. The van der Waals surface area contributed by atoms with Gasteiger partial charge in [0.2, 0.25) is 5.91 Å². The summed E-state index contributed by atoms with van der Waals surface area (Å²) in [6.45, 7) is 5.48. The molecular formula is C14H20BrN3O. The van der Waals surface area contributed by atoms with E-state index in [2.05, 4.69) is 37.2 Å². The molecule has 0 aliphatic carbocycles. The smallest absolute Gasteiger partial charge is 0.216 e. The van der Waals surface area contributed by atoms with Crippen LogP contribution >= 0.6 is 15.9 Å². The van der Waals surface area contributed by atoms with Gasteiger partial charge in [-0.1, -0.05) is 0 Å². The summed E-state index contributed by atoms with van der Waals surface area (Å²) in [4.78, 5) is 17.7. The van der Waals surface area contributed by atoms with Gasteiger partial charge in [0.1, 0.15) is 0 Å². The number of carbonyl (C=O) groups is 1. The molecule has 0 bridgehead atoms. The molecule has 5 heteroatoms. The van der Waals surface area contributed by atoms with E-state index in [1.807, 2.05) is 12.3 Å². The van der Waals surface area contributed by atoms with Gasteiger partial charge >= 0.3 is 0 Å². The van der Waals surface area contributed by atoms with Crippen molar-refractivity contribution in [3.8, 4) is 0 Å². The van der Waals surface area contributed by atoms with Gasteiger partial charge in [-0.2, -0.15) is 0 Å². The second-order valence-electron chi connectivity index (χ2n) is 5.12. The van der Waals surface area contributed by atoms with Crippen LogP contribution in [0.25, 0.3) is 0 Å². The van der Waals surface area contributed by atoms with Crippen molar-refractivity contribution in [1.82, 2.24) is 15.2 Å². The highest BCUT2D eigenvalue weighted by molar-refractivity contribution is 9.10. The molecular weight excluding hydrogens is 306 g/mol. The largest absolute Gasteiger partial charge is 0.356 e. The van der Waals surface area contributed by atoms with Crippen molar-refractivity contribution in [3.05, 3.63) is 28.5 Å². The van der Waals surface area contributed by atoms with Crippen LogP contribution in [-0.2, 0) is 11.3 Å². The zero-order valence-electron chi connectivity index (χ0n) is 11.2. The number of carbonyl (C=O) groups excluding carboxylic acids is 1. The molecule has 1 aromatic rings. The van der Waals surface area contributed by atoms with Gasteiger partial charge in [0.05, 0.1) is 5.69 Å². The fraction of sp³-hybridized carbons (Fsp3) is 0.571. The number of nitrogens with one attached hydrogen (secondary N) is 1. The standard InChI is InChI=1S/C14H20BrN3O/c1-11(19)16-8-12-4-6-18(7-5-12)10-14-3-2-13(15)9-17-14/h2-3,9,12H,4-8,10H2,1H3,(H,16,19). The first-order valence-electron chi connectivity index (χ1n) is 6.70. The molecule has 0 radical (unpaired) electrons. The Balaban J connectivity index is 1.74. The molecule has 2 rings (SSSR count). The van der Waals surface area contributed by atoms with E-state index in [0.29, 0.717) is 5.92 Å². The molecule has 19 heavy (non-hydrogen) atoms. The van der Waals surface area contributed by atoms with E-state index in [1.54, 1.807) is 6.92 Å². The number of pyridine rings is 1. The molecule has 1 fully saturated rings. The molecule has 0 atom stereocenters. The molecule has 104 valence electrons. The molecule has 1 aliphatic rings. The van der Waals surface area contributed by atoms with Gasteiger partial charge in [-0.25, -0.2) is 0 Å². The van der Waals surface area contributed by atoms with Gasteiger partial charge in [0.25, 0.3) is 0 Å². The van der Waals surface area contributed by atoms with Crippen LogP contribution in [0.5, 0.6) is 0 Å². The second kappa shape index (κ2) is 7.01. The lowest BCUT2D eigenvalue weighted by Gasteiger charge is -2.31. The summed E-state index contributed by atoms with van der Waals surface area (Å²) in [5, 5.41) is 2.91. The first kappa shape index (κ1) is 14.5. The van der Waals surface area contributed by atoms with E-state index in [1.165, 1.54) is 0 Å². The Labute approximate surface area is 122 Å². The van der Waals surface area contributed by atoms with Crippen LogP contribution in [0.1, 0.15) is 25.5 Å².